The number of aromatic nitrogens is 3. The number of H-pyrrole nitrogens is 1. The lowest BCUT2D eigenvalue weighted by atomic mass is 10.1. The van der Waals surface area contributed by atoms with Gasteiger partial charge in [-0.2, -0.15) is 18.4 Å². The van der Waals surface area contributed by atoms with E-state index in [1.807, 2.05) is 6.07 Å². The minimum absolute atomic E-state index is 0.0611. The number of halogens is 4. The van der Waals surface area contributed by atoms with Gasteiger partial charge in [0.1, 0.15) is 17.5 Å². The van der Waals surface area contributed by atoms with E-state index in [4.69, 9.17) is 10.00 Å². The van der Waals surface area contributed by atoms with E-state index in [9.17, 15) is 17.6 Å². The van der Waals surface area contributed by atoms with E-state index in [1.54, 1.807) is 0 Å². The molecular formula is C16H8F4N4O. The molecule has 1 N–H and O–H groups in total. The Morgan fingerprint density at radius 2 is 1.92 bits per heavy atom. The molecule has 3 aromatic rings. The van der Waals surface area contributed by atoms with Gasteiger partial charge in [0, 0.05) is 5.56 Å². The summed E-state index contributed by atoms with van der Waals surface area (Å²) in [6.45, 7) is 0. The van der Waals surface area contributed by atoms with Crippen molar-refractivity contribution in [1.82, 2.24) is 15.4 Å². The van der Waals surface area contributed by atoms with Crippen molar-refractivity contribution in [2.45, 2.75) is 6.18 Å². The first-order chi connectivity index (χ1) is 11.9. The molecule has 0 saturated carbocycles. The van der Waals surface area contributed by atoms with E-state index in [1.165, 1.54) is 24.3 Å². The Hall–Kier alpha value is -3.41. The summed E-state index contributed by atoms with van der Waals surface area (Å²) in [6, 6.07) is 9.66. The molecule has 0 fully saturated rings. The van der Waals surface area contributed by atoms with Crippen molar-refractivity contribution in [1.29, 1.82) is 5.26 Å². The molecule has 0 aliphatic rings. The van der Waals surface area contributed by atoms with Crippen LogP contribution in [0, 0.1) is 17.1 Å². The summed E-state index contributed by atoms with van der Waals surface area (Å²) < 4.78 is 57.5. The van der Waals surface area contributed by atoms with Crippen molar-refractivity contribution in [3.05, 3.63) is 59.5 Å². The SMILES string of the molecule is N#Cc1[nH]nnc1-c1ccc(Oc2cccc(C(F)(F)F)c2)c(F)c1. The second-order valence-electron chi connectivity index (χ2n) is 4.92. The average molecular weight is 348 g/mol. The Labute approximate surface area is 138 Å². The molecule has 3 rings (SSSR count). The third-order valence-corrected chi connectivity index (χ3v) is 3.25. The first-order valence-corrected chi connectivity index (χ1v) is 6.84. The zero-order valence-electron chi connectivity index (χ0n) is 12.3. The van der Waals surface area contributed by atoms with Crippen molar-refractivity contribution < 1.29 is 22.3 Å². The van der Waals surface area contributed by atoms with Gasteiger partial charge >= 0.3 is 6.18 Å². The van der Waals surface area contributed by atoms with Crippen LogP contribution in [0.4, 0.5) is 17.6 Å². The van der Waals surface area contributed by atoms with Crippen LogP contribution in [-0.4, -0.2) is 15.4 Å². The highest BCUT2D eigenvalue weighted by molar-refractivity contribution is 5.65. The number of hydrogen-bond acceptors (Lipinski definition) is 4. The number of alkyl halides is 3. The fourth-order valence-electron chi connectivity index (χ4n) is 2.10. The lowest BCUT2D eigenvalue weighted by Gasteiger charge is -2.11. The third-order valence-electron chi connectivity index (χ3n) is 3.25. The van der Waals surface area contributed by atoms with Crippen LogP contribution in [-0.2, 0) is 6.18 Å². The molecule has 25 heavy (non-hydrogen) atoms. The third kappa shape index (κ3) is 3.42. The van der Waals surface area contributed by atoms with Crippen LogP contribution < -0.4 is 4.74 Å². The summed E-state index contributed by atoms with van der Waals surface area (Å²) in [6.07, 6.45) is -4.53. The van der Waals surface area contributed by atoms with Crippen LogP contribution in [0.5, 0.6) is 11.5 Å². The molecular weight excluding hydrogens is 340 g/mol. The molecule has 2 aromatic carbocycles. The Bertz CT molecular complexity index is 959. The lowest BCUT2D eigenvalue weighted by molar-refractivity contribution is -0.137. The molecule has 0 atom stereocenters. The summed E-state index contributed by atoms with van der Waals surface area (Å²) in [5, 5.41) is 18.4. The fraction of sp³-hybridized carbons (Fsp3) is 0.0625. The largest absolute Gasteiger partial charge is 0.454 e. The van der Waals surface area contributed by atoms with Crippen molar-refractivity contribution in [3.8, 4) is 28.8 Å². The van der Waals surface area contributed by atoms with Gasteiger partial charge in [0.05, 0.1) is 5.56 Å². The van der Waals surface area contributed by atoms with Gasteiger partial charge in [0.2, 0.25) is 0 Å². The predicted molar refractivity (Wildman–Crippen MR) is 78.0 cm³/mol. The first-order valence-electron chi connectivity index (χ1n) is 6.84. The van der Waals surface area contributed by atoms with Gasteiger partial charge in [0.25, 0.3) is 0 Å². The van der Waals surface area contributed by atoms with Crippen LogP contribution in [0.2, 0.25) is 0 Å². The standard InChI is InChI=1S/C16H8F4N4O/c17-12-6-9(15-13(8-21)22-24-23-15)4-5-14(12)25-11-3-1-2-10(7-11)16(18,19)20/h1-7H,(H,22,23,24). The zero-order valence-corrected chi connectivity index (χ0v) is 12.3. The number of nitriles is 1. The van der Waals surface area contributed by atoms with E-state index in [0.717, 1.165) is 18.2 Å². The number of nitrogens with one attached hydrogen (secondary N) is 1. The number of benzene rings is 2. The summed E-state index contributed by atoms with van der Waals surface area (Å²) in [5.74, 6) is -1.23. The van der Waals surface area contributed by atoms with Crippen molar-refractivity contribution >= 4 is 0 Å². The molecule has 9 heteroatoms. The minimum Gasteiger partial charge on any atom is -0.454 e. The van der Waals surface area contributed by atoms with Crippen molar-refractivity contribution in [2.75, 3.05) is 0 Å². The monoisotopic (exact) mass is 348 g/mol. The molecule has 0 unspecified atom stereocenters. The number of nitrogens with zero attached hydrogens (tertiary/aromatic N) is 3. The van der Waals surface area contributed by atoms with Crippen LogP contribution in [0.1, 0.15) is 11.3 Å². The molecule has 0 amide bonds. The minimum atomic E-state index is -4.53. The topological polar surface area (TPSA) is 74.6 Å². The fourth-order valence-corrected chi connectivity index (χ4v) is 2.10. The van der Waals surface area contributed by atoms with E-state index in [-0.39, 0.29) is 28.5 Å². The molecule has 5 nitrogen and oxygen atoms in total. The number of ether oxygens (including phenoxy) is 1. The molecule has 0 spiro atoms. The smallest absolute Gasteiger partial charge is 0.416 e. The second kappa shape index (κ2) is 6.24. The highest BCUT2D eigenvalue weighted by Crippen LogP contribution is 2.34. The second-order valence-corrected chi connectivity index (χ2v) is 4.92. The normalized spacial score (nSPS) is 11.2. The van der Waals surface area contributed by atoms with Crippen molar-refractivity contribution in [2.24, 2.45) is 0 Å². The molecule has 1 aromatic heterocycles. The molecule has 0 bridgehead atoms. The first kappa shape index (κ1) is 16.4. The molecule has 0 aliphatic heterocycles. The van der Waals surface area contributed by atoms with Crippen LogP contribution in [0.25, 0.3) is 11.3 Å². The van der Waals surface area contributed by atoms with Crippen LogP contribution in [0.3, 0.4) is 0 Å². The molecule has 126 valence electrons. The van der Waals surface area contributed by atoms with Gasteiger partial charge < -0.3 is 4.74 Å². The van der Waals surface area contributed by atoms with Gasteiger partial charge in [-0.05, 0) is 36.4 Å². The average Bonchev–Trinajstić information content (AvgIpc) is 3.05. The zero-order chi connectivity index (χ0) is 18.0. The molecule has 0 saturated heterocycles. The summed E-state index contributed by atoms with van der Waals surface area (Å²) in [5.41, 5.74) is -0.402. The number of aromatic amines is 1. The Morgan fingerprint density at radius 3 is 2.60 bits per heavy atom. The van der Waals surface area contributed by atoms with Gasteiger partial charge in [-0.3, -0.25) is 0 Å². The maximum atomic E-state index is 14.2. The Balaban J connectivity index is 1.89. The van der Waals surface area contributed by atoms with Gasteiger partial charge in [-0.15, -0.1) is 5.10 Å². The van der Waals surface area contributed by atoms with Gasteiger partial charge in [-0.25, -0.2) is 9.49 Å². The maximum absolute atomic E-state index is 14.2. The van der Waals surface area contributed by atoms with Gasteiger partial charge in [-0.1, -0.05) is 11.3 Å². The summed E-state index contributed by atoms with van der Waals surface area (Å²) in [4.78, 5) is 0. The Kier molecular flexibility index (Phi) is 4.10. The Morgan fingerprint density at radius 1 is 1.12 bits per heavy atom. The van der Waals surface area contributed by atoms with E-state index < -0.39 is 17.6 Å². The quantitative estimate of drug-likeness (QED) is 0.717. The lowest BCUT2D eigenvalue weighted by Crippen LogP contribution is -2.04. The van der Waals surface area contributed by atoms with Crippen LogP contribution >= 0.6 is 0 Å². The number of hydrogen-bond donors (Lipinski definition) is 1. The summed E-state index contributed by atoms with van der Waals surface area (Å²) in [7, 11) is 0. The van der Waals surface area contributed by atoms with E-state index in [0.29, 0.717) is 0 Å². The maximum Gasteiger partial charge on any atom is 0.416 e. The van der Waals surface area contributed by atoms with E-state index >= 15 is 0 Å². The van der Waals surface area contributed by atoms with E-state index in [2.05, 4.69) is 15.4 Å². The summed E-state index contributed by atoms with van der Waals surface area (Å²) >= 11 is 0. The van der Waals surface area contributed by atoms with Gasteiger partial charge in [0.15, 0.2) is 17.3 Å². The van der Waals surface area contributed by atoms with Crippen molar-refractivity contribution in [3.63, 3.8) is 0 Å². The molecule has 1 heterocycles. The number of rotatable bonds is 3. The highest BCUT2D eigenvalue weighted by Gasteiger charge is 2.30. The molecule has 0 radical (unpaired) electrons. The highest BCUT2D eigenvalue weighted by atomic mass is 19.4. The predicted octanol–water partition coefficient (Wildman–Crippen LogP) is 4.29. The van der Waals surface area contributed by atoms with Crippen LogP contribution in [0.15, 0.2) is 42.5 Å². The molecule has 0 aliphatic carbocycles.